The molecule has 0 aromatic carbocycles. The number of Topliss-reactive ketones (excluding diaryl/α,β-unsaturated/α-hetero) is 1. The van der Waals surface area contributed by atoms with Gasteiger partial charge < -0.3 is 14.9 Å². The number of ketones is 1. The van der Waals surface area contributed by atoms with E-state index in [0.717, 1.165) is 31.4 Å². The van der Waals surface area contributed by atoms with Crippen molar-refractivity contribution in [2.24, 2.45) is 39.9 Å². The average molecular weight is 400 g/mol. The Morgan fingerprint density at radius 1 is 1.31 bits per heavy atom. The van der Waals surface area contributed by atoms with Crippen molar-refractivity contribution in [2.75, 3.05) is 13.6 Å². The molecule has 6 aliphatic carbocycles. The summed E-state index contributed by atoms with van der Waals surface area (Å²) in [6.45, 7) is 8.62. The van der Waals surface area contributed by atoms with E-state index in [2.05, 4.69) is 20.6 Å². The Morgan fingerprint density at radius 2 is 2.03 bits per heavy atom. The van der Waals surface area contributed by atoms with Gasteiger partial charge in [0.1, 0.15) is 24.0 Å². The van der Waals surface area contributed by atoms with Gasteiger partial charge in [-0.1, -0.05) is 19.1 Å². The molecule has 3 heterocycles. The van der Waals surface area contributed by atoms with Crippen LogP contribution in [0.15, 0.2) is 12.2 Å². The molecule has 29 heavy (non-hydrogen) atoms. The molecule has 9 rings (SSSR count). The van der Waals surface area contributed by atoms with Gasteiger partial charge in [0.25, 0.3) is 0 Å². The number of piperidine rings is 2. The first-order valence-corrected chi connectivity index (χ1v) is 11.1. The van der Waals surface area contributed by atoms with E-state index in [9.17, 15) is 19.8 Å². The van der Waals surface area contributed by atoms with Crippen molar-refractivity contribution >= 4 is 11.8 Å². The third kappa shape index (κ3) is 1.29. The number of fused-ring (bicyclic) bond motifs is 1. The van der Waals surface area contributed by atoms with Crippen molar-refractivity contribution in [3.05, 3.63) is 12.2 Å². The van der Waals surface area contributed by atoms with Crippen LogP contribution in [-0.4, -0.2) is 64.0 Å². The molecule has 0 aromatic rings. The lowest BCUT2D eigenvalue weighted by Crippen LogP contribution is -2.78. The van der Waals surface area contributed by atoms with Crippen LogP contribution in [0.4, 0.5) is 0 Å². The first kappa shape index (κ1) is 17.4. The SMILES string of the molecule is C=C1C[C@@]23[C@H]4C[C@@H]1C(=O)[C@@H]2[C@@H]1[C@]42C[C@@H](OC(C)=O)C[C@@]4(C)C[N@+]1(C)[C@](O)([C@H]42)[C@H]3O. The summed E-state index contributed by atoms with van der Waals surface area (Å²) in [6.07, 6.45) is 1.77. The van der Waals surface area contributed by atoms with E-state index in [1.807, 2.05) is 0 Å². The van der Waals surface area contributed by atoms with Crippen LogP contribution in [-0.2, 0) is 14.3 Å². The largest absolute Gasteiger partial charge is 0.463 e. The second-order valence-corrected chi connectivity index (χ2v) is 12.1. The predicted molar refractivity (Wildman–Crippen MR) is 101 cm³/mol. The van der Waals surface area contributed by atoms with Gasteiger partial charge in [-0.2, -0.15) is 0 Å². The predicted octanol–water partition coefficient (Wildman–Crippen LogP) is 1.01. The number of allylic oxidation sites excluding steroid dienone is 1. The second kappa shape index (κ2) is 4.23. The standard InChI is InChI=1S/C23H30NO5/c1-10-6-21-14-5-13(10)16(26)15(21)17-22(14)8-12(29-11(2)25)7-20(3)9-24(17,4)23(28,18(20)22)19(21)27/h12-15,17-19,27-28H,1,5-9H2,2-4H3/q+1/t12-,13-,14+,15+,17+,18+,19-,20-,21+,22-,23-,24-/m0/s1. The van der Waals surface area contributed by atoms with E-state index in [4.69, 9.17) is 4.74 Å². The summed E-state index contributed by atoms with van der Waals surface area (Å²) in [5, 5.41) is 24.2. The lowest BCUT2D eigenvalue weighted by atomic mass is 9.39. The number of rotatable bonds is 1. The molecule has 0 aromatic heterocycles. The number of nitrogens with zero attached hydrogens (tertiary/aromatic N) is 1. The number of hydrogen-bond acceptors (Lipinski definition) is 5. The normalized spacial score (nSPS) is 67.4. The third-order valence-corrected chi connectivity index (χ3v) is 11.2. The highest BCUT2D eigenvalue weighted by molar-refractivity contribution is 5.91. The Bertz CT molecular complexity index is 948. The number of carbonyl (C=O) groups is 2. The highest BCUT2D eigenvalue weighted by Gasteiger charge is 3.01. The Hall–Kier alpha value is -1.24. The van der Waals surface area contributed by atoms with Crippen LogP contribution in [0.1, 0.15) is 39.5 Å². The fraction of sp³-hybridized carbons (Fsp3) is 0.826. The van der Waals surface area contributed by atoms with Crippen LogP contribution in [0.5, 0.6) is 0 Å². The van der Waals surface area contributed by atoms with E-state index in [1.54, 1.807) is 0 Å². The third-order valence-electron chi connectivity index (χ3n) is 11.2. The molecular formula is C23H30NO5+. The highest BCUT2D eigenvalue weighted by atomic mass is 16.5. The molecule has 9 aliphatic rings. The minimum absolute atomic E-state index is 0.0166. The first-order valence-electron chi connectivity index (χ1n) is 11.1. The molecule has 12 atom stereocenters. The van der Waals surface area contributed by atoms with Crippen LogP contribution in [0.2, 0.25) is 0 Å². The number of carbonyl (C=O) groups excluding carboxylic acids is 2. The van der Waals surface area contributed by atoms with Crippen LogP contribution in [0, 0.1) is 39.9 Å². The van der Waals surface area contributed by atoms with Gasteiger partial charge in [0.2, 0.25) is 5.72 Å². The second-order valence-electron chi connectivity index (χ2n) is 12.1. The molecule has 0 radical (unpaired) electrons. The van der Waals surface area contributed by atoms with E-state index in [0.29, 0.717) is 10.9 Å². The van der Waals surface area contributed by atoms with Gasteiger partial charge in [-0.25, -0.2) is 0 Å². The van der Waals surface area contributed by atoms with E-state index in [1.165, 1.54) is 6.92 Å². The summed E-state index contributed by atoms with van der Waals surface area (Å²) < 4.78 is 6.19. The zero-order chi connectivity index (χ0) is 20.5. The van der Waals surface area contributed by atoms with Crippen LogP contribution >= 0.6 is 0 Å². The van der Waals surface area contributed by atoms with Crippen molar-refractivity contribution in [3.8, 4) is 0 Å². The zero-order valence-corrected chi connectivity index (χ0v) is 17.4. The number of quaternary nitrogens is 1. The molecule has 9 bridgehead atoms. The fourth-order valence-corrected chi connectivity index (χ4v) is 11.6. The van der Waals surface area contributed by atoms with Crippen LogP contribution < -0.4 is 0 Å². The Labute approximate surface area is 170 Å². The van der Waals surface area contributed by atoms with E-state index in [-0.39, 0.29) is 58.4 Å². The summed E-state index contributed by atoms with van der Waals surface area (Å²) in [4.78, 5) is 25.5. The summed E-state index contributed by atoms with van der Waals surface area (Å²) >= 11 is 0. The summed E-state index contributed by atoms with van der Waals surface area (Å²) in [6, 6.07) is 0.0166. The smallest absolute Gasteiger partial charge is 0.302 e. The van der Waals surface area contributed by atoms with E-state index >= 15 is 0 Å². The van der Waals surface area contributed by atoms with Crippen molar-refractivity contribution in [3.63, 3.8) is 0 Å². The summed E-state index contributed by atoms with van der Waals surface area (Å²) in [5.41, 5.74) is -1.32. The number of ether oxygens (including phenoxy) is 1. The maximum absolute atomic E-state index is 13.6. The fourth-order valence-electron chi connectivity index (χ4n) is 11.6. The van der Waals surface area contributed by atoms with Gasteiger partial charge in [0.15, 0.2) is 0 Å². The van der Waals surface area contributed by atoms with E-state index < -0.39 is 17.2 Å². The zero-order valence-electron chi connectivity index (χ0n) is 17.4. The van der Waals surface area contributed by atoms with Crippen molar-refractivity contribution in [1.29, 1.82) is 0 Å². The monoisotopic (exact) mass is 400 g/mol. The number of aliphatic hydroxyl groups excluding tert-OH is 1. The molecule has 156 valence electrons. The Morgan fingerprint density at radius 3 is 2.72 bits per heavy atom. The quantitative estimate of drug-likeness (QED) is 0.390. The van der Waals surface area contributed by atoms with Gasteiger partial charge in [0.05, 0.1) is 25.4 Å². The van der Waals surface area contributed by atoms with Gasteiger partial charge in [-0.05, 0) is 31.6 Å². The topological polar surface area (TPSA) is 83.8 Å². The molecule has 0 amide bonds. The molecule has 6 nitrogen and oxygen atoms in total. The lowest BCUT2D eigenvalue weighted by molar-refractivity contribution is -0.998. The average Bonchev–Trinajstić information content (AvgIpc) is 2.94. The molecule has 0 unspecified atom stereocenters. The number of likely N-dealkylation sites (N-methyl/N-ethyl adjacent to an activating group) is 1. The number of esters is 1. The molecule has 6 heteroatoms. The summed E-state index contributed by atoms with van der Waals surface area (Å²) in [5.74, 6) is -0.172. The molecular weight excluding hydrogens is 370 g/mol. The minimum Gasteiger partial charge on any atom is -0.463 e. The molecule has 9 fully saturated rings. The summed E-state index contributed by atoms with van der Waals surface area (Å²) in [7, 11) is 2.09. The number of aliphatic hydroxyl groups is 2. The number of hydrogen-bond donors (Lipinski definition) is 2. The van der Waals surface area contributed by atoms with Gasteiger partial charge >= 0.3 is 5.97 Å². The van der Waals surface area contributed by atoms with Crippen LogP contribution in [0.3, 0.4) is 0 Å². The Balaban J connectivity index is 1.52. The van der Waals surface area contributed by atoms with Crippen molar-refractivity contribution in [1.82, 2.24) is 0 Å². The van der Waals surface area contributed by atoms with Crippen molar-refractivity contribution < 1.29 is 29.0 Å². The maximum atomic E-state index is 13.6. The van der Waals surface area contributed by atoms with Gasteiger partial charge in [0, 0.05) is 29.1 Å². The molecule has 2 N–H and O–H groups in total. The van der Waals surface area contributed by atoms with Crippen molar-refractivity contribution in [2.45, 2.75) is 63.5 Å². The molecule has 6 saturated carbocycles. The first-order chi connectivity index (χ1) is 13.5. The lowest BCUT2D eigenvalue weighted by Gasteiger charge is -2.65. The minimum atomic E-state index is -1.22. The van der Waals surface area contributed by atoms with Gasteiger partial charge in [-0.15, -0.1) is 0 Å². The van der Waals surface area contributed by atoms with Crippen LogP contribution in [0.25, 0.3) is 0 Å². The molecule has 2 spiro atoms. The van der Waals surface area contributed by atoms with Gasteiger partial charge in [-0.3, -0.25) is 14.1 Å². The maximum Gasteiger partial charge on any atom is 0.302 e. The Kier molecular flexibility index (Phi) is 2.55. The molecule has 3 saturated heterocycles. The highest BCUT2D eigenvalue weighted by Crippen LogP contribution is 2.90. The molecule has 3 aliphatic heterocycles.